The molecule has 29 heavy (non-hydrogen) atoms. The van der Waals surface area contributed by atoms with E-state index in [0.717, 1.165) is 22.2 Å². The molecule has 0 spiro atoms. The van der Waals surface area contributed by atoms with Gasteiger partial charge in [0.2, 0.25) is 5.43 Å². The first-order valence-corrected chi connectivity index (χ1v) is 9.94. The Labute approximate surface area is 169 Å². The molecule has 0 N–H and O–H groups in total. The van der Waals surface area contributed by atoms with E-state index in [1.807, 2.05) is 67.2 Å². The van der Waals surface area contributed by atoms with Gasteiger partial charge >= 0.3 is 0 Å². The van der Waals surface area contributed by atoms with Crippen molar-refractivity contribution < 1.29 is 9.36 Å². The molecule has 3 heterocycles. The number of pyridine rings is 3. The van der Waals surface area contributed by atoms with Gasteiger partial charge in [0.25, 0.3) is 11.5 Å². The van der Waals surface area contributed by atoms with E-state index in [4.69, 9.17) is 0 Å². The molecule has 0 bridgehead atoms. The van der Waals surface area contributed by atoms with Gasteiger partial charge in [-0.05, 0) is 44.4 Å². The molecule has 0 unspecified atom stereocenters. The van der Waals surface area contributed by atoms with E-state index in [0.29, 0.717) is 29.8 Å². The lowest BCUT2D eigenvalue weighted by molar-refractivity contribution is -0.699. The number of ketones is 1. The fourth-order valence-corrected chi connectivity index (χ4v) is 4.00. The summed E-state index contributed by atoms with van der Waals surface area (Å²) in [5.74, 6) is -0.254. The topological polar surface area (TPSA) is 55.8 Å². The van der Waals surface area contributed by atoms with Gasteiger partial charge in [-0.3, -0.25) is 9.59 Å². The summed E-state index contributed by atoms with van der Waals surface area (Å²) < 4.78 is 3.86. The number of aromatic nitrogens is 3. The molecule has 5 nitrogen and oxygen atoms in total. The molecule has 0 aliphatic heterocycles. The molecule has 0 aliphatic rings. The minimum absolute atomic E-state index is 0.182. The van der Waals surface area contributed by atoms with Crippen LogP contribution in [-0.4, -0.2) is 15.3 Å². The Morgan fingerprint density at radius 2 is 1.83 bits per heavy atom. The van der Waals surface area contributed by atoms with E-state index >= 15 is 0 Å². The molecule has 0 amide bonds. The SMILES string of the molecule is CCn1cc(C(=O)c2cc3ccccc3c(C)[n+]2CC)c(=O)c2ccc(C)nc21. The smallest absolute Gasteiger partial charge is 0.262 e. The van der Waals surface area contributed by atoms with Crippen molar-refractivity contribution in [2.75, 3.05) is 0 Å². The summed E-state index contributed by atoms with van der Waals surface area (Å²) in [5.41, 5.74) is 2.92. The van der Waals surface area contributed by atoms with Gasteiger partial charge in [-0.2, -0.15) is 4.57 Å². The monoisotopic (exact) mass is 386 g/mol. The lowest BCUT2D eigenvalue weighted by Gasteiger charge is -2.12. The minimum Gasteiger partial charge on any atom is -0.332 e. The maximum absolute atomic E-state index is 13.6. The first kappa shape index (κ1) is 19.0. The van der Waals surface area contributed by atoms with Gasteiger partial charge in [0.1, 0.15) is 12.2 Å². The third-order valence-electron chi connectivity index (χ3n) is 5.53. The average Bonchev–Trinajstić information content (AvgIpc) is 2.73. The van der Waals surface area contributed by atoms with Crippen LogP contribution in [0.2, 0.25) is 0 Å². The average molecular weight is 386 g/mol. The minimum atomic E-state index is -0.268. The molecule has 1 aromatic carbocycles. The van der Waals surface area contributed by atoms with E-state index in [-0.39, 0.29) is 16.8 Å². The van der Waals surface area contributed by atoms with Crippen LogP contribution in [0.4, 0.5) is 0 Å². The summed E-state index contributed by atoms with van der Waals surface area (Å²) >= 11 is 0. The predicted molar refractivity (Wildman–Crippen MR) is 114 cm³/mol. The van der Waals surface area contributed by atoms with Crippen LogP contribution in [0, 0.1) is 13.8 Å². The summed E-state index contributed by atoms with van der Waals surface area (Å²) in [5, 5.41) is 2.57. The number of aryl methyl sites for hydroxylation is 3. The van der Waals surface area contributed by atoms with Gasteiger partial charge in [0, 0.05) is 36.8 Å². The Bertz CT molecular complexity index is 1340. The van der Waals surface area contributed by atoms with Crippen LogP contribution in [0.1, 0.15) is 41.3 Å². The van der Waals surface area contributed by atoms with Crippen molar-refractivity contribution in [1.82, 2.24) is 9.55 Å². The summed E-state index contributed by atoms with van der Waals surface area (Å²) in [6.07, 6.45) is 1.66. The lowest BCUT2D eigenvalue weighted by Crippen LogP contribution is -2.43. The number of carbonyl (C=O) groups excluding carboxylic acids is 1. The van der Waals surface area contributed by atoms with Gasteiger partial charge in [0.05, 0.1) is 10.9 Å². The molecule has 0 radical (unpaired) electrons. The van der Waals surface area contributed by atoms with Crippen LogP contribution in [0.3, 0.4) is 0 Å². The fourth-order valence-electron chi connectivity index (χ4n) is 4.00. The largest absolute Gasteiger partial charge is 0.332 e. The van der Waals surface area contributed by atoms with Gasteiger partial charge in [0.15, 0.2) is 5.69 Å². The molecule has 4 rings (SSSR count). The molecular weight excluding hydrogens is 362 g/mol. The van der Waals surface area contributed by atoms with Crippen LogP contribution in [0.15, 0.2) is 53.5 Å². The number of rotatable bonds is 4. The molecule has 0 saturated carbocycles. The molecule has 0 saturated heterocycles. The second-order valence-electron chi connectivity index (χ2n) is 7.26. The predicted octanol–water partition coefficient (Wildman–Crippen LogP) is 3.72. The van der Waals surface area contributed by atoms with Gasteiger partial charge in [-0.1, -0.05) is 18.2 Å². The Hall–Kier alpha value is -3.34. The number of hydrogen-bond donors (Lipinski definition) is 0. The summed E-state index contributed by atoms with van der Waals surface area (Å²) in [6, 6.07) is 13.5. The van der Waals surface area contributed by atoms with Crippen LogP contribution in [0.25, 0.3) is 21.8 Å². The quantitative estimate of drug-likeness (QED) is 0.397. The first-order valence-electron chi connectivity index (χ1n) is 9.94. The van der Waals surface area contributed by atoms with E-state index in [1.54, 1.807) is 12.3 Å². The van der Waals surface area contributed by atoms with Gasteiger partial charge in [-0.15, -0.1) is 0 Å². The van der Waals surface area contributed by atoms with Crippen molar-refractivity contribution in [3.8, 4) is 0 Å². The summed E-state index contributed by atoms with van der Waals surface area (Å²) in [7, 11) is 0. The maximum Gasteiger partial charge on any atom is 0.262 e. The van der Waals surface area contributed by atoms with E-state index < -0.39 is 0 Å². The van der Waals surface area contributed by atoms with Crippen LogP contribution < -0.4 is 10.00 Å². The van der Waals surface area contributed by atoms with Crippen molar-refractivity contribution >= 4 is 27.6 Å². The van der Waals surface area contributed by atoms with Crippen LogP contribution in [0.5, 0.6) is 0 Å². The van der Waals surface area contributed by atoms with Crippen molar-refractivity contribution in [2.45, 2.75) is 40.8 Å². The zero-order chi connectivity index (χ0) is 20.7. The van der Waals surface area contributed by atoms with Gasteiger partial charge in [-0.25, -0.2) is 4.98 Å². The highest BCUT2D eigenvalue weighted by atomic mass is 16.1. The molecule has 0 aliphatic carbocycles. The number of carbonyl (C=O) groups is 1. The molecule has 146 valence electrons. The number of fused-ring (bicyclic) bond motifs is 2. The van der Waals surface area contributed by atoms with Crippen molar-refractivity contribution in [3.63, 3.8) is 0 Å². The highest BCUT2D eigenvalue weighted by Crippen LogP contribution is 2.19. The number of hydrogen-bond acceptors (Lipinski definition) is 3. The number of nitrogens with zero attached hydrogens (tertiary/aromatic N) is 3. The Morgan fingerprint density at radius 3 is 2.55 bits per heavy atom. The van der Waals surface area contributed by atoms with Crippen molar-refractivity contribution in [3.05, 3.63) is 81.5 Å². The van der Waals surface area contributed by atoms with E-state index in [9.17, 15) is 9.59 Å². The Kier molecular flexibility index (Phi) is 4.74. The summed E-state index contributed by atoms with van der Waals surface area (Å²) in [6.45, 7) is 9.17. The molecule has 3 aromatic heterocycles. The molecule has 5 heteroatoms. The van der Waals surface area contributed by atoms with E-state index in [1.165, 1.54) is 0 Å². The summed E-state index contributed by atoms with van der Waals surface area (Å²) in [4.78, 5) is 31.3. The molecular formula is C24H24N3O2+. The second-order valence-corrected chi connectivity index (χ2v) is 7.26. The Balaban J connectivity index is 2.00. The lowest BCUT2D eigenvalue weighted by atomic mass is 10.0. The normalized spacial score (nSPS) is 11.3. The molecule has 0 fully saturated rings. The van der Waals surface area contributed by atoms with Crippen LogP contribution >= 0.6 is 0 Å². The zero-order valence-corrected chi connectivity index (χ0v) is 17.2. The van der Waals surface area contributed by atoms with Crippen molar-refractivity contribution in [2.24, 2.45) is 0 Å². The zero-order valence-electron chi connectivity index (χ0n) is 17.2. The van der Waals surface area contributed by atoms with Crippen molar-refractivity contribution in [1.29, 1.82) is 0 Å². The highest BCUT2D eigenvalue weighted by molar-refractivity contribution is 6.09. The third-order valence-corrected chi connectivity index (χ3v) is 5.53. The Morgan fingerprint density at radius 1 is 1.07 bits per heavy atom. The number of benzene rings is 1. The van der Waals surface area contributed by atoms with E-state index in [2.05, 4.69) is 11.1 Å². The van der Waals surface area contributed by atoms with Gasteiger partial charge < -0.3 is 4.57 Å². The standard InChI is InChI=1S/C24H24N3O2/c1-5-26-14-20(22(28)19-12-11-15(3)25-24(19)26)23(29)21-13-17-9-7-8-10-18(17)16(4)27(21)6-2/h7-14H,5-6H2,1-4H3/q+1. The maximum atomic E-state index is 13.6. The molecule has 0 atom stereocenters. The fraction of sp³-hybridized carbons (Fsp3) is 0.250. The third kappa shape index (κ3) is 3.03. The highest BCUT2D eigenvalue weighted by Gasteiger charge is 2.27. The first-order chi connectivity index (χ1) is 14.0. The van der Waals surface area contributed by atoms with Crippen LogP contribution in [-0.2, 0) is 13.1 Å². The second kappa shape index (κ2) is 7.24. The molecule has 4 aromatic rings.